The first-order chi connectivity index (χ1) is 7.65. The Morgan fingerprint density at radius 1 is 1.38 bits per heavy atom. The molecule has 0 fully saturated rings. The van der Waals surface area contributed by atoms with Crippen molar-refractivity contribution in [2.75, 3.05) is 6.61 Å². The van der Waals surface area contributed by atoms with Crippen LogP contribution >= 0.6 is 15.9 Å². The molecule has 0 atom stereocenters. The fourth-order valence-corrected chi connectivity index (χ4v) is 2.06. The molecule has 0 saturated carbocycles. The molecule has 2 nitrogen and oxygen atoms in total. The molecule has 0 unspecified atom stereocenters. The van der Waals surface area contributed by atoms with E-state index in [4.69, 9.17) is 10.5 Å². The first-order valence-electron chi connectivity index (χ1n) is 5.75. The Balaban J connectivity index is 2.52. The molecule has 0 radical (unpaired) electrons. The van der Waals surface area contributed by atoms with Crippen molar-refractivity contribution >= 4 is 15.9 Å². The highest BCUT2D eigenvalue weighted by Gasteiger charge is 2.06. The maximum Gasteiger partial charge on any atom is 0.137 e. The van der Waals surface area contributed by atoms with E-state index in [0.717, 1.165) is 34.7 Å². The summed E-state index contributed by atoms with van der Waals surface area (Å²) in [6.07, 6.45) is 2.28. The third kappa shape index (κ3) is 4.14. The van der Waals surface area contributed by atoms with Crippen LogP contribution in [0.25, 0.3) is 0 Å². The summed E-state index contributed by atoms with van der Waals surface area (Å²) in [7, 11) is 0. The molecule has 0 aliphatic rings. The van der Waals surface area contributed by atoms with Gasteiger partial charge in [-0.2, -0.15) is 0 Å². The Kier molecular flexibility index (Phi) is 5.85. The normalized spacial score (nSPS) is 10.8. The van der Waals surface area contributed by atoms with Crippen molar-refractivity contribution < 1.29 is 4.74 Å². The molecule has 0 aliphatic carbocycles. The SMILES string of the molecule is CC(C)CCCOc1c(Br)cccc1CN. The molecule has 16 heavy (non-hydrogen) atoms. The van der Waals surface area contributed by atoms with Crippen LogP contribution in [0.1, 0.15) is 32.3 Å². The zero-order chi connectivity index (χ0) is 12.0. The van der Waals surface area contributed by atoms with Crippen LogP contribution in [-0.4, -0.2) is 6.61 Å². The summed E-state index contributed by atoms with van der Waals surface area (Å²) in [6, 6.07) is 5.97. The van der Waals surface area contributed by atoms with Crippen LogP contribution < -0.4 is 10.5 Å². The lowest BCUT2D eigenvalue weighted by atomic mass is 10.1. The second-order valence-corrected chi connectivity index (χ2v) is 5.17. The van der Waals surface area contributed by atoms with Gasteiger partial charge in [0.15, 0.2) is 0 Å². The quantitative estimate of drug-likeness (QED) is 0.809. The van der Waals surface area contributed by atoms with Crippen LogP contribution in [0.2, 0.25) is 0 Å². The smallest absolute Gasteiger partial charge is 0.137 e. The Labute approximate surface area is 106 Å². The molecule has 1 aromatic carbocycles. The number of para-hydroxylation sites is 1. The number of benzene rings is 1. The average molecular weight is 286 g/mol. The average Bonchev–Trinajstić information content (AvgIpc) is 2.25. The molecule has 0 aliphatic heterocycles. The maximum atomic E-state index is 5.78. The van der Waals surface area contributed by atoms with Gasteiger partial charge in [0, 0.05) is 12.1 Å². The molecule has 0 heterocycles. The van der Waals surface area contributed by atoms with Gasteiger partial charge in [-0.1, -0.05) is 26.0 Å². The van der Waals surface area contributed by atoms with Gasteiger partial charge in [-0.15, -0.1) is 0 Å². The third-order valence-corrected chi connectivity index (χ3v) is 3.07. The van der Waals surface area contributed by atoms with E-state index in [1.54, 1.807) is 0 Å². The summed E-state index contributed by atoms with van der Waals surface area (Å²) in [5.74, 6) is 1.63. The van der Waals surface area contributed by atoms with E-state index in [9.17, 15) is 0 Å². The number of ether oxygens (including phenoxy) is 1. The largest absolute Gasteiger partial charge is 0.492 e. The molecule has 3 heteroatoms. The topological polar surface area (TPSA) is 35.2 Å². The molecule has 1 aromatic rings. The second-order valence-electron chi connectivity index (χ2n) is 4.32. The highest BCUT2D eigenvalue weighted by Crippen LogP contribution is 2.29. The number of hydrogen-bond acceptors (Lipinski definition) is 2. The molecular weight excluding hydrogens is 266 g/mol. The highest BCUT2D eigenvalue weighted by atomic mass is 79.9. The number of hydrogen-bond donors (Lipinski definition) is 1. The van der Waals surface area contributed by atoms with E-state index in [1.165, 1.54) is 6.42 Å². The van der Waals surface area contributed by atoms with E-state index in [2.05, 4.69) is 29.8 Å². The van der Waals surface area contributed by atoms with Gasteiger partial charge in [0.2, 0.25) is 0 Å². The van der Waals surface area contributed by atoms with Gasteiger partial charge >= 0.3 is 0 Å². The van der Waals surface area contributed by atoms with E-state index < -0.39 is 0 Å². The fourth-order valence-electron chi connectivity index (χ4n) is 1.54. The lowest BCUT2D eigenvalue weighted by molar-refractivity contribution is 0.293. The highest BCUT2D eigenvalue weighted by molar-refractivity contribution is 9.10. The van der Waals surface area contributed by atoms with E-state index in [-0.39, 0.29) is 0 Å². The van der Waals surface area contributed by atoms with Crippen molar-refractivity contribution in [3.63, 3.8) is 0 Å². The van der Waals surface area contributed by atoms with Crippen molar-refractivity contribution in [1.82, 2.24) is 0 Å². The van der Waals surface area contributed by atoms with E-state index >= 15 is 0 Å². The molecule has 0 aromatic heterocycles. The Morgan fingerprint density at radius 3 is 2.75 bits per heavy atom. The van der Waals surface area contributed by atoms with Gasteiger partial charge in [0.1, 0.15) is 5.75 Å². The standard InChI is InChI=1S/C13H20BrNO/c1-10(2)5-4-8-16-13-11(9-15)6-3-7-12(13)14/h3,6-7,10H,4-5,8-9,15H2,1-2H3. The van der Waals surface area contributed by atoms with Gasteiger partial charge in [-0.3, -0.25) is 0 Å². The van der Waals surface area contributed by atoms with Crippen molar-refractivity contribution in [3.05, 3.63) is 28.2 Å². The van der Waals surface area contributed by atoms with Gasteiger partial charge in [-0.05, 0) is 40.8 Å². The van der Waals surface area contributed by atoms with Gasteiger partial charge in [-0.25, -0.2) is 0 Å². The Bertz CT molecular complexity index is 326. The lowest BCUT2D eigenvalue weighted by Crippen LogP contribution is -2.05. The summed E-state index contributed by atoms with van der Waals surface area (Å²) in [6.45, 7) is 5.72. The Morgan fingerprint density at radius 2 is 2.12 bits per heavy atom. The minimum atomic E-state index is 0.513. The van der Waals surface area contributed by atoms with Crippen LogP contribution in [0, 0.1) is 5.92 Å². The van der Waals surface area contributed by atoms with Crippen LogP contribution in [-0.2, 0) is 6.54 Å². The predicted molar refractivity (Wildman–Crippen MR) is 71.6 cm³/mol. The molecule has 1 rings (SSSR count). The molecule has 0 spiro atoms. The van der Waals surface area contributed by atoms with Crippen LogP contribution in [0.3, 0.4) is 0 Å². The minimum Gasteiger partial charge on any atom is -0.492 e. The zero-order valence-electron chi connectivity index (χ0n) is 10.0. The predicted octanol–water partition coefficient (Wildman–Crippen LogP) is 3.72. The van der Waals surface area contributed by atoms with E-state index in [0.29, 0.717) is 6.54 Å². The van der Waals surface area contributed by atoms with Gasteiger partial charge < -0.3 is 10.5 Å². The Hall–Kier alpha value is -0.540. The fraction of sp³-hybridized carbons (Fsp3) is 0.538. The van der Waals surface area contributed by atoms with Crippen LogP contribution in [0.4, 0.5) is 0 Å². The van der Waals surface area contributed by atoms with Crippen molar-refractivity contribution in [3.8, 4) is 5.75 Å². The van der Waals surface area contributed by atoms with Crippen molar-refractivity contribution in [2.24, 2.45) is 11.7 Å². The summed E-state index contributed by atoms with van der Waals surface area (Å²) in [5.41, 5.74) is 6.73. The van der Waals surface area contributed by atoms with E-state index in [1.807, 2.05) is 18.2 Å². The number of nitrogens with two attached hydrogens (primary N) is 1. The van der Waals surface area contributed by atoms with Gasteiger partial charge in [0.05, 0.1) is 11.1 Å². The molecule has 0 bridgehead atoms. The number of halogens is 1. The zero-order valence-corrected chi connectivity index (χ0v) is 11.6. The molecule has 2 N–H and O–H groups in total. The summed E-state index contributed by atoms with van der Waals surface area (Å²) in [5, 5.41) is 0. The van der Waals surface area contributed by atoms with Crippen molar-refractivity contribution in [2.45, 2.75) is 33.2 Å². The lowest BCUT2D eigenvalue weighted by Gasteiger charge is -2.12. The molecular formula is C13H20BrNO. The number of rotatable bonds is 6. The first-order valence-corrected chi connectivity index (χ1v) is 6.54. The van der Waals surface area contributed by atoms with Crippen LogP contribution in [0.15, 0.2) is 22.7 Å². The summed E-state index contributed by atoms with van der Waals surface area (Å²) in [4.78, 5) is 0. The second kappa shape index (κ2) is 6.92. The molecule has 90 valence electrons. The molecule has 0 saturated heterocycles. The first kappa shape index (κ1) is 13.5. The summed E-state index contributed by atoms with van der Waals surface area (Å²) >= 11 is 3.49. The van der Waals surface area contributed by atoms with Crippen LogP contribution in [0.5, 0.6) is 5.75 Å². The minimum absolute atomic E-state index is 0.513. The molecule has 0 amide bonds. The monoisotopic (exact) mass is 285 g/mol. The van der Waals surface area contributed by atoms with Gasteiger partial charge in [0.25, 0.3) is 0 Å². The third-order valence-electron chi connectivity index (χ3n) is 2.44. The maximum absolute atomic E-state index is 5.78. The summed E-state index contributed by atoms with van der Waals surface area (Å²) < 4.78 is 6.77. The van der Waals surface area contributed by atoms with Crippen molar-refractivity contribution in [1.29, 1.82) is 0 Å².